The van der Waals surface area contributed by atoms with Gasteiger partial charge in [0.15, 0.2) is 0 Å². The molecule has 0 spiro atoms. The van der Waals surface area contributed by atoms with Gasteiger partial charge in [0, 0.05) is 15.4 Å². The number of aryl methyl sites for hydroxylation is 1. The van der Waals surface area contributed by atoms with Crippen molar-refractivity contribution in [1.29, 1.82) is 0 Å². The van der Waals surface area contributed by atoms with E-state index in [0.29, 0.717) is 0 Å². The highest BCUT2D eigenvalue weighted by Crippen LogP contribution is 2.33. The zero-order valence-corrected chi connectivity index (χ0v) is 14.7. The molecule has 2 N–H and O–H groups in total. The number of rotatable bonds is 4. The first-order valence-corrected chi connectivity index (χ1v) is 8.31. The van der Waals surface area contributed by atoms with Gasteiger partial charge in [-0.05, 0) is 65.7 Å². The Hall–Kier alpha value is -0.360. The summed E-state index contributed by atoms with van der Waals surface area (Å²) in [6, 6.07) is 9.98. The van der Waals surface area contributed by atoms with Crippen LogP contribution in [0.1, 0.15) is 23.5 Å². The van der Waals surface area contributed by atoms with E-state index in [2.05, 4.69) is 37.9 Å². The fraction of sp³-hybridized carbons (Fsp3) is 0.286. The highest BCUT2D eigenvalue weighted by Gasteiger charge is 2.20. The molecule has 0 saturated heterocycles. The molecule has 19 heavy (non-hydrogen) atoms. The molecule has 102 valence electrons. The quantitative estimate of drug-likeness (QED) is 0.773. The molecule has 2 aromatic rings. The largest absolute Gasteiger partial charge is 0.483 e. The van der Waals surface area contributed by atoms with Crippen molar-refractivity contribution in [1.82, 2.24) is 0 Å². The van der Waals surface area contributed by atoms with Crippen molar-refractivity contribution in [3.8, 4) is 5.75 Å². The van der Waals surface area contributed by atoms with Gasteiger partial charge in [0.25, 0.3) is 0 Å². The summed E-state index contributed by atoms with van der Waals surface area (Å²) in [5.74, 6) is 0.870. The molecule has 5 heteroatoms. The van der Waals surface area contributed by atoms with Crippen molar-refractivity contribution in [2.24, 2.45) is 5.73 Å². The SMILES string of the molecule is Cc1cc(Br)ccc1OC(c1ccc(Br)s1)C(C)N. The van der Waals surface area contributed by atoms with E-state index in [0.717, 1.165) is 24.4 Å². The second-order valence-electron chi connectivity index (χ2n) is 4.45. The number of hydrogen-bond acceptors (Lipinski definition) is 3. The van der Waals surface area contributed by atoms with Crippen LogP contribution in [-0.2, 0) is 0 Å². The Bertz CT molecular complexity index is 568. The van der Waals surface area contributed by atoms with Crippen LogP contribution in [0.2, 0.25) is 0 Å². The summed E-state index contributed by atoms with van der Waals surface area (Å²) >= 11 is 8.59. The maximum Gasteiger partial charge on any atom is 0.148 e. The van der Waals surface area contributed by atoms with Crippen LogP contribution in [0.15, 0.2) is 38.6 Å². The minimum Gasteiger partial charge on any atom is -0.483 e. The van der Waals surface area contributed by atoms with Crippen molar-refractivity contribution >= 4 is 43.2 Å². The summed E-state index contributed by atoms with van der Waals surface area (Å²) < 4.78 is 8.24. The first-order chi connectivity index (χ1) is 8.97. The lowest BCUT2D eigenvalue weighted by Crippen LogP contribution is -2.28. The average Bonchev–Trinajstić information content (AvgIpc) is 2.74. The number of benzene rings is 1. The zero-order chi connectivity index (χ0) is 14.0. The first-order valence-electron chi connectivity index (χ1n) is 5.91. The summed E-state index contributed by atoms with van der Waals surface area (Å²) in [6.07, 6.45) is -0.129. The summed E-state index contributed by atoms with van der Waals surface area (Å²) in [6.45, 7) is 4.00. The van der Waals surface area contributed by atoms with Gasteiger partial charge in [-0.2, -0.15) is 0 Å². The second kappa shape index (κ2) is 6.39. The van der Waals surface area contributed by atoms with Crippen molar-refractivity contribution in [3.05, 3.63) is 49.0 Å². The van der Waals surface area contributed by atoms with Crippen molar-refractivity contribution in [3.63, 3.8) is 0 Å². The summed E-state index contributed by atoms with van der Waals surface area (Å²) in [5.41, 5.74) is 7.16. The van der Waals surface area contributed by atoms with Crippen LogP contribution in [0.3, 0.4) is 0 Å². The molecular weight excluding hydrogens is 390 g/mol. The number of halogens is 2. The molecule has 1 aromatic carbocycles. The molecule has 0 aliphatic heterocycles. The molecule has 0 fully saturated rings. The van der Waals surface area contributed by atoms with Crippen molar-refractivity contribution in [2.75, 3.05) is 0 Å². The molecule has 0 aliphatic rings. The predicted octanol–water partition coefficient (Wildman–Crippen LogP) is 5.05. The van der Waals surface area contributed by atoms with Crippen LogP contribution in [0.5, 0.6) is 5.75 Å². The number of hydrogen-bond donors (Lipinski definition) is 1. The fourth-order valence-electron chi connectivity index (χ4n) is 1.79. The number of nitrogens with two attached hydrogens (primary N) is 1. The van der Waals surface area contributed by atoms with E-state index in [4.69, 9.17) is 10.5 Å². The third kappa shape index (κ3) is 3.81. The normalized spacial score (nSPS) is 14.2. The standard InChI is InChI=1S/C14H15Br2NOS/c1-8-7-10(15)3-4-11(8)18-14(9(2)17)12-5-6-13(16)19-12/h3-7,9,14H,17H2,1-2H3. The molecule has 0 bridgehead atoms. The molecule has 2 rings (SSSR count). The van der Waals surface area contributed by atoms with Gasteiger partial charge in [0.05, 0.1) is 3.79 Å². The highest BCUT2D eigenvalue weighted by atomic mass is 79.9. The molecular formula is C14H15Br2NOS. The van der Waals surface area contributed by atoms with Gasteiger partial charge in [-0.15, -0.1) is 11.3 Å². The molecule has 2 unspecified atom stereocenters. The Kier molecular flexibility index (Phi) is 5.06. The summed E-state index contributed by atoms with van der Waals surface area (Å²) in [7, 11) is 0. The first kappa shape index (κ1) is 15.0. The minimum atomic E-state index is -0.129. The molecule has 2 atom stereocenters. The van der Waals surface area contributed by atoms with Gasteiger partial charge >= 0.3 is 0 Å². The smallest absolute Gasteiger partial charge is 0.148 e. The number of thiophene rings is 1. The van der Waals surface area contributed by atoms with Crippen LogP contribution < -0.4 is 10.5 Å². The van der Waals surface area contributed by atoms with Gasteiger partial charge in [-0.25, -0.2) is 0 Å². The van der Waals surface area contributed by atoms with Gasteiger partial charge in [-0.3, -0.25) is 0 Å². The summed E-state index contributed by atoms with van der Waals surface area (Å²) in [4.78, 5) is 1.13. The van der Waals surface area contributed by atoms with Gasteiger partial charge in [0.2, 0.25) is 0 Å². The molecule has 1 heterocycles. The van der Waals surface area contributed by atoms with Gasteiger partial charge in [0.1, 0.15) is 11.9 Å². The third-order valence-corrected chi connectivity index (χ3v) is 4.92. The predicted molar refractivity (Wildman–Crippen MR) is 87.9 cm³/mol. The van der Waals surface area contributed by atoms with Crippen LogP contribution >= 0.6 is 43.2 Å². The molecule has 0 amide bonds. The van der Waals surface area contributed by atoms with Crippen molar-refractivity contribution in [2.45, 2.75) is 26.0 Å². The highest BCUT2D eigenvalue weighted by molar-refractivity contribution is 9.11. The maximum absolute atomic E-state index is 6.10. The second-order valence-corrected chi connectivity index (χ2v) is 7.86. The van der Waals surface area contributed by atoms with E-state index in [1.807, 2.05) is 38.1 Å². The van der Waals surface area contributed by atoms with Crippen molar-refractivity contribution < 1.29 is 4.74 Å². The zero-order valence-electron chi connectivity index (χ0n) is 10.7. The monoisotopic (exact) mass is 403 g/mol. The lowest BCUT2D eigenvalue weighted by Gasteiger charge is -2.22. The van der Waals surface area contributed by atoms with Crippen LogP contribution in [0, 0.1) is 6.92 Å². The van der Waals surface area contributed by atoms with Gasteiger partial charge in [-0.1, -0.05) is 15.9 Å². The maximum atomic E-state index is 6.10. The molecule has 0 saturated carbocycles. The molecule has 2 nitrogen and oxygen atoms in total. The number of ether oxygens (including phenoxy) is 1. The van der Waals surface area contributed by atoms with E-state index < -0.39 is 0 Å². The lowest BCUT2D eigenvalue weighted by atomic mass is 10.1. The average molecular weight is 405 g/mol. The fourth-order valence-corrected chi connectivity index (χ4v) is 3.83. The van der Waals surface area contributed by atoms with E-state index >= 15 is 0 Å². The van der Waals surface area contributed by atoms with Gasteiger partial charge < -0.3 is 10.5 Å². The van der Waals surface area contributed by atoms with Crippen LogP contribution in [0.25, 0.3) is 0 Å². The van der Waals surface area contributed by atoms with Crippen LogP contribution in [-0.4, -0.2) is 6.04 Å². The van der Waals surface area contributed by atoms with E-state index in [-0.39, 0.29) is 12.1 Å². The van der Waals surface area contributed by atoms with E-state index in [9.17, 15) is 0 Å². The molecule has 1 aromatic heterocycles. The third-order valence-electron chi connectivity index (χ3n) is 2.74. The Morgan fingerprint density at radius 1 is 1.21 bits per heavy atom. The Morgan fingerprint density at radius 2 is 1.95 bits per heavy atom. The van der Waals surface area contributed by atoms with E-state index in [1.165, 1.54) is 0 Å². The Morgan fingerprint density at radius 3 is 2.47 bits per heavy atom. The minimum absolute atomic E-state index is 0.0754. The molecule has 0 radical (unpaired) electrons. The Labute approximate surface area is 134 Å². The Balaban J connectivity index is 2.26. The molecule has 0 aliphatic carbocycles. The topological polar surface area (TPSA) is 35.2 Å². The van der Waals surface area contributed by atoms with Crippen LogP contribution in [0.4, 0.5) is 0 Å². The lowest BCUT2D eigenvalue weighted by molar-refractivity contribution is 0.183. The van der Waals surface area contributed by atoms with E-state index in [1.54, 1.807) is 11.3 Å². The summed E-state index contributed by atoms with van der Waals surface area (Å²) in [5, 5.41) is 0.